The molecule has 0 radical (unpaired) electrons. The summed E-state index contributed by atoms with van der Waals surface area (Å²) in [6.07, 6.45) is 4.00. The Bertz CT molecular complexity index is 410. The van der Waals surface area contributed by atoms with Gasteiger partial charge in [-0.3, -0.25) is 0 Å². The van der Waals surface area contributed by atoms with Gasteiger partial charge in [0.25, 0.3) is 0 Å². The van der Waals surface area contributed by atoms with Crippen LogP contribution in [0.25, 0.3) is 0 Å². The number of hydrogen-bond acceptors (Lipinski definition) is 1. The second-order valence-electron chi connectivity index (χ2n) is 6.23. The van der Waals surface area contributed by atoms with E-state index in [0.29, 0.717) is 5.92 Å². The van der Waals surface area contributed by atoms with Crippen molar-refractivity contribution >= 4 is 11.6 Å². The number of aliphatic hydroxyl groups is 1. The van der Waals surface area contributed by atoms with E-state index in [1.54, 1.807) is 0 Å². The van der Waals surface area contributed by atoms with Gasteiger partial charge in [0, 0.05) is 5.02 Å². The van der Waals surface area contributed by atoms with E-state index < -0.39 is 5.60 Å². The predicted molar refractivity (Wildman–Crippen MR) is 76.9 cm³/mol. The first-order chi connectivity index (χ1) is 8.39. The molecule has 2 unspecified atom stereocenters. The van der Waals surface area contributed by atoms with Crippen LogP contribution >= 0.6 is 11.6 Å². The summed E-state index contributed by atoms with van der Waals surface area (Å²) in [5.74, 6) is 0.360. The van der Waals surface area contributed by atoms with Crippen LogP contribution in [-0.4, -0.2) is 10.7 Å². The van der Waals surface area contributed by atoms with Crippen molar-refractivity contribution in [2.24, 2.45) is 11.3 Å². The van der Waals surface area contributed by atoms with Crippen LogP contribution < -0.4 is 0 Å². The van der Waals surface area contributed by atoms with Gasteiger partial charge in [0.15, 0.2) is 0 Å². The Morgan fingerprint density at radius 3 is 2.44 bits per heavy atom. The molecule has 1 aliphatic carbocycles. The van der Waals surface area contributed by atoms with E-state index in [4.69, 9.17) is 11.6 Å². The quantitative estimate of drug-likeness (QED) is 0.856. The molecule has 1 N–H and O–H groups in total. The molecular formula is C16H23ClO. The van der Waals surface area contributed by atoms with Gasteiger partial charge in [-0.25, -0.2) is 0 Å². The van der Waals surface area contributed by atoms with E-state index in [9.17, 15) is 5.11 Å². The van der Waals surface area contributed by atoms with Crippen molar-refractivity contribution in [2.45, 2.75) is 52.1 Å². The van der Waals surface area contributed by atoms with Crippen LogP contribution in [0.4, 0.5) is 0 Å². The first-order valence-corrected chi connectivity index (χ1v) is 7.23. The fraction of sp³-hybridized carbons (Fsp3) is 0.625. The van der Waals surface area contributed by atoms with Gasteiger partial charge in [-0.1, -0.05) is 44.5 Å². The lowest BCUT2D eigenvalue weighted by Gasteiger charge is -2.40. The Hall–Kier alpha value is -0.530. The van der Waals surface area contributed by atoms with Crippen molar-refractivity contribution in [1.29, 1.82) is 0 Å². The molecular weight excluding hydrogens is 244 g/mol. The minimum Gasteiger partial charge on any atom is -0.389 e. The highest BCUT2D eigenvalue weighted by atomic mass is 35.5. The summed E-state index contributed by atoms with van der Waals surface area (Å²) in [6, 6.07) is 8.01. The maximum atomic E-state index is 11.0. The number of halogens is 1. The van der Waals surface area contributed by atoms with Crippen LogP contribution in [-0.2, 0) is 6.42 Å². The van der Waals surface area contributed by atoms with E-state index in [-0.39, 0.29) is 5.41 Å². The molecule has 0 spiro atoms. The number of rotatable bonds is 3. The second kappa shape index (κ2) is 4.86. The maximum absolute atomic E-state index is 11.0. The van der Waals surface area contributed by atoms with Crippen LogP contribution in [0.5, 0.6) is 0 Å². The smallest absolute Gasteiger partial charge is 0.0726 e. The summed E-state index contributed by atoms with van der Waals surface area (Å²) in [6.45, 7) is 6.48. The van der Waals surface area contributed by atoms with Gasteiger partial charge in [-0.05, 0) is 54.7 Å². The van der Waals surface area contributed by atoms with Crippen LogP contribution in [0.3, 0.4) is 0 Å². The number of benzene rings is 1. The third-order valence-electron chi connectivity index (χ3n) is 4.90. The standard InChI is InChI=1S/C16H23ClO/c1-4-16(18)13(9-10-15(16,2)3)11-12-5-7-14(17)8-6-12/h5-8,13,18H,4,9-11H2,1-3H3. The lowest BCUT2D eigenvalue weighted by Crippen LogP contribution is -2.45. The largest absolute Gasteiger partial charge is 0.389 e. The average Bonchev–Trinajstić information content (AvgIpc) is 2.56. The summed E-state index contributed by atoms with van der Waals surface area (Å²) in [4.78, 5) is 0. The van der Waals surface area contributed by atoms with E-state index in [1.807, 2.05) is 12.1 Å². The Morgan fingerprint density at radius 2 is 1.89 bits per heavy atom. The summed E-state index contributed by atoms with van der Waals surface area (Å²) >= 11 is 5.91. The molecule has 0 saturated heterocycles. The van der Waals surface area contributed by atoms with Gasteiger partial charge in [-0.15, -0.1) is 0 Å². The molecule has 2 heteroatoms. The Labute approximate surface area is 115 Å². The van der Waals surface area contributed by atoms with Gasteiger partial charge in [0.05, 0.1) is 5.60 Å². The van der Waals surface area contributed by atoms with Gasteiger partial charge >= 0.3 is 0 Å². The molecule has 1 aliphatic rings. The zero-order chi connectivity index (χ0) is 13.4. The van der Waals surface area contributed by atoms with E-state index in [0.717, 1.165) is 30.7 Å². The van der Waals surface area contributed by atoms with E-state index >= 15 is 0 Å². The molecule has 0 bridgehead atoms. The van der Waals surface area contributed by atoms with Crippen molar-refractivity contribution in [1.82, 2.24) is 0 Å². The highest BCUT2D eigenvalue weighted by Gasteiger charge is 2.52. The van der Waals surface area contributed by atoms with Crippen LogP contribution in [0.1, 0.15) is 45.6 Å². The second-order valence-corrected chi connectivity index (χ2v) is 6.66. The van der Waals surface area contributed by atoms with E-state index in [2.05, 4.69) is 32.9 Å². The molecule has 0 aromatic heterocycles. The highest BCUT2D eigenvalue weighted by Crippen LogP contribution is 2.52. The summed E-state index contributed by atoms with van der Waals surface area (Å²) in [5, 5.41) is 11.8. The molecule has 100 valence electrons. The Kier molecular flexibility index (Phi) is 3.75. The lowest BCUT2D eigenvalue weighted by atomic mass is 9.71. The molecule has 1 aromatic rings. The van der Waals surface area contributed by atoms with Crippen LogP contribution in [0.2, 0.25) is 5.02 Å². The Balaban J connectivity index is 2.17. The van der Waals surface area contributed by atoms with Gasteiger partial charge < -0.3 is 5.11 Å². The molecule has 0 aliphatic heterocycles. The molecule has 2 rings (SSSR count). The summed E-state index contributed by atoms with van der Waals surface area (Å²) < 4.78 is 0. The molecule has 1 nitrogen and oxygen atoms in total. The van der Waals surface area contributed by atoms with Gasteiger partial charge in [0.1, 0.15) is 0 Å². The third kappa shape index (κ3) is 2.31. The van der Waals surface area contributed by atoms with Crippen molar-refractivity contribution in [3.63, 3.8) is 0 Å². The molecule has 2 atom stereocenters. The number of hydrogen-bond donors (Lipinski definition) is 1. The first-order valence-electron chi connectivity index (χ1n) is 6.86. The normalized spacial score (nSPS) is 30.6. The minimum absolute atomic E-state index is 0.0266. The van der Waals surface area contributed by atoms with Crippen molar-refractivity contribution in [3.8, 4) is 0 Å². The molecule has 1 fully saturated rings. The fourth-order valence-corrected chi connectivity index (χ4v) is 3.61. The minimum atomic E-state index is -0.535. The zero-order valence-corrected chi connectivity index (χ0v) is 12.3. The topological polar surface area (TPSA) is 20.2 Å². The molecule has 18 heavy (non-hydrogen) atoms. The summed E-state index contributed by atoms with van der Waals surface area (Å²) in [5.41, 5.74) is 0.764. The third-order valence-corrected chi connectivity index (χ3v) is 5.15. The predicted octanol–water partition coefficient (Wildman–Crippen LogP) is 4.46. The fourth-order valence-electron chi connectivity index (χ4n) is 3.49. The van der Waals surface area contributed by atoms with Crippen molar-refractivity contribution in [2.75, 3.05) is 0 Å². The summed E-state index contributed by atoms with van der Waals surface area (Å²) in [7, 11) is 0. The van der Waals surface area contributed by atoms with Crippen molar-refractivity contribution in [3.05, 3.63) is 34.9 Å². The molecule has 0 amide bonds. The zero-order valence-electron chi connectivity index (χ0n) is 11.5. The maximum Gasteiger partial charge on any atom is 0.0726 e. The van der Waals surface area contributed by atoms with Crippen LogP contribution in [0.15, 0.2) is 24.3 Å². The Morgan fingerprint density at radius 1 is 1.28 bits per heavy atom. The molecule has 1 saturated carbocycles. The highest BCUT2D eigenvalue weighted by molar-refractivity contribution is 6.30. The van der Waals surface area contributed by atoms with Crippen molar-refractivity contribution < 1.29 is 5.11 Å². The average molecular weight is 267 g/mol. The van der Waals surface area contributed by atoms with Gasteiger partial charge in [-0.2, -0.15) is 0 Å². The van der Waals surface area contributed by atoms with E-state index in [1.165, 1.54) is 5.56 Å². The lowest BCUT2D eigenvalue weighted by molar-refractivity contribution is -0.0784. The monoisotopic (exact) mass is 266 g/mol. The van der Waals surface area contributed by atoms with Gasteiger partial charge in [0.2, 0.25) is 0 Å². The first kappa shape index (κ1) is 13.9. The molecule has 1 aromatic carbocycles. The van der Waals surface area contributed by atoms with Crippen LogP contribution in [0, 0.1) is 11.3 Å². The molecule has 0 heterocycles. The SMILES string of the molecule is CCC1(O)C(Cc2ccc(Cl)cc2)CCC1(C)C.